The number of hydrogen-bond donors (Lipinski definition) is 1. The summed E-state index contributed by atoms with van der Waals surface area (Å²) in [6, 6.07) is 6.24. The van der Waals surface area contributed by atoms with Gasteiger partial charge < -0.3 is 15.4 Å². The van der Waals surface area contributed by atoms with Crippen LogP contribution in [0.4, 0.5) is 0 Å². The Balaban J connectivity index is 1.94. The van der Waals surface area contributed by atoms with E-state index in [9.17, 15) is 0 Å². The van der Waals surface area contributed by atoms with E-state index in [1.165, 1.54) is 12.8 Å². The second kappa shape index (κ2) is 5.71. The summed E-state index contributed by atoms with van der Waals surface area (Å²) in [4.78, 5) is 2.34. The number of ether oxygens (including phenoxy) is 1. The number of hydrogen-bond acceptors (Lipinski definition) is 3. The highest BCUT2D eigenvalue weighted by molar-refractivity contribution is 6.32. The second-order valence-electron chi connectivity index (χ2n) is 4.56. The fourth-order valence-corrected chi connectivity index (χ4v) is 2.42. The average molecular weight is 255 g/mol. The number of rotatable bonds is 4. The van der Waals surface area contributed by atoms with Gasteiger partial charge in [0.25, 0.3) is 0 Å². The van der Waals surface area contributed by atoms with Gasteiger partial charge in [0, 0.05) is 12.6 Å². The summed E-state index contributed by atoms with van der Waals surface area (Å²) in [5.74, 6) is 0.754. The number of nitrogens with two attached hydrogens (primary N) is 1. The molecule has 0 bridgehead atoms. The average Bonchev–Trinajstić information content (AvgIpc) is 2.73. The molecule has 1 aromatic rings. The molecule has 3 nitrogen and oxygen atoms in total. The molecule has 1 aliphatic rings. The van der Waals surface area contributed by atoms with Crippen molar-refractivity contribution in [2.45, 2.75) is 25.4 Å². The van der Waals surface area contributed by atoms with Crippen LogP contribution in [0.1, 0.15) is 18.4 Å². The van der Waals surface area contributed by atoms with Gasteiger partial charge in [-0.3, -0.25) is 0 Å². The van der Waals surface area contributed by atoms with E-state index in [4.69, 9.17) is 22.1 Å². The van der Waals surface area contributed by atoms with Gasteiger partial charge in [0.2, 0.25) is 0 Å². The van der Waals surface area contributed by atoms with Gasteiger partial charge in [0.15, 0.2) is 0 Å². The summed E-state index contributed by atoms with van der Waals surface area (Å²) in [5.41, 5.74) is 6.58. The molecule has 0 aromatic heterocycles. The van der Waals surface area contributed by atoms with Gasteiger partial charge in [-0.05, 0) is 44.1 Å². The van der Waals surface area contributed by atoms with E-state index in [0.717, 1.165) is 17.9 Å². The molecule has 0 amide bonds. The van der Waals surface area contributed by atoms with E-state index >= 15 is 0 Å². The molecule has 1 heterocycles. The largest absolute Gasteiger partial charge is 0.490 e. The van der Waals surface area contributed by atoms with Crippen molar-refractivity contribution in [3.63, 3.8) is 0 Å². The standard InChI is InChI=1S/C13H19ClN2O/c1-16-6-2-3-11(16)9-17-13-5-4-10(8-15)7-12(13)14/h4-5,7,11H,2-3,6,8-9,15H2,1H3. The molecule has 94 valence electrons. The number of nitrogens with zero attached hydrogens (tertiary/aromatic N) is 1. The smallest absolute Gasteiger partial charge is 0.137 e. The minimum absolute atomic E-state index is 0.505. The van der Waals surface area contributed by atoms with Crippen LogP contribution >= 0.6 is 11.6 Å². The SMILES string of the molecule is CN1CCCC1COc1ccc(CN)cc1Cl. The number of benzene rings is 1. The molecule has 0 radical (unpaired) electrons. The molecule has 4 heteroatoms. The molecular weight excluding hydrogens is 236 g/mol. The zero-order chi connectivity index (χ0) is 12.3. The van der Waals surface area contributed by atoms with Crippen LogP contribution in [0.25, 0.3) is 0 Å². The quantitative estimate of drug-likeness (QED) is 0.896. The lowest BCUT2D eigenvalue weighted by atomic mass is 10.2. The molecule has 1 aromatic carbocycles. The second-order valence-corrected chi connectivity index (χ2v) is 4.96. The summed E-state index contributed by atoms with van der Waals surface area (Å²) in [7, 11) is 2.14. The molecule has 1 fully saturated rings. The van der Waals surface area contributed by atoms with Gasteiger partial charge in [0.05, 0.1) is 5.02 Å². The van der Waals surface area contributed by atoms with Crippen LogP contribution < -0.4 is 10.5 Å². The third-order valence-electron chi connectivity index (χ3n) is 3.33. The highest BCUT2D eigenvalue weighted by Gasteiger charge is 2.21. The Morgan fingerprint density at radius 2 is 2.35 bits per heavy atom. The Labute approximate surface area is 107 Å². The van der Waals surface area contributed by atoms with Crippen LogP contribution in [0.2, 0.25) is 5.02 Å². The van der Waals surface area contributed by atoms with E-state index in [-0.39, 0.29) is 0 Å². The molecule has 0 spiro atoms. The maximum absolute atomic E-state index is 6.14. The fourth-order valence-electron chi connectivity index (χ4n) is 2.16. The minimum atomic E-state index is 0.505. The van der Waals surface area contributed by atoms with Crippen molar-refractivity contribution in [3.05, 3.63) is 28.8 Å². The Hall–Kier alpha value is -0.770. The van der Waals surface area contributed by atoms with E-state index in [0.29, 0.717) is 24.2 Å². The van der Waals surface area contributed by atoms with Crippen LogP contribution in [0, 0.1) is 0 Å². The first-order chi connectivity index (χ1) is 8.20. The van der Waals surface area contributed by atoms with Crippen molar-refractivity contribution in [3.8, 4) is 5.75 Å². The third-order valence-corrected chi connectivity index (χ3v) is 3.63. The molecule has 1 saturated heterocycles. The zero-order valence-electron chi connectivity index (χ0n) is 10.2. The van der Waals surface area contributed by atoms with Gasteiger partial charge in [-0.15, -0.1) is 0 Å². The molecule has 1 aliphatic heterocycles. The molecule has 2 N–H and O–H groups in total. The molecule has 0 saturated carbocycles. The maximum atomic E-state index is 6.14. The monoisotopic (exact) mass is 254 g/mol. The van der Waals surface area contributed by atoms with Gasteiger partial charge >= 0.3 is 0 Å². The summed E-state index contributed by atoms with van der Waals surface area (Å²) < 4.78 is 5.78. The molecule has 17 heavy (non-hydrogen) atoms. The first-order valence-corrected chi connectivity index (χ1v) is 6.40. The lowest BCUT2D eigenvalue weighted by Gasteiger charge is -2.20. The molecule has 1 atom stereocenters. The van der Waals surface area contributed by atoms with Gasteiger partial charge in [-0.1, -0.05) is 17.7 Å². The van der Waals surface area contributed by atoms with Crippen LogP contribution in [-0.2, 0) is 6.54 Å². The van der Waals surface area contributed by atoms with E-state index in [1.54, 1.807) is 0 Å². The van der Waals surface area contributed by atoms with Crippen LogP contribution in [0.15, 0.2) is 18.2 Å². The fraction of sp³-hybridized carbons (Fsp3) is 0.538. The highest BCUT2D eigenvalue weighted by Crippen LogP contribution is 2.26. The molecule has 1 unspecified atom stereocenters. The van der Waals surface area contributed by atoms with Crippen molar-refractivity contribution in [1.82, 2.24) is 4.90 Å². The van der Waals surface area contributed by atoms with Crippen molar-refractivity contribution < 1.29 is 4.74 Å². The number of likely N-dealkylation sites (N-methyl/N-ethyl adjacent to an activating group) is 1. The summed E-state index contributed by atoms with van der Waals surface area (Å²) >= 11 is 6.14. The van der Waals surface area contributed by atoms with Crippen molar-refractivity contribution in [2.75, 3.05) is 20.2 Å². The Morgan fingerprint density at radius 1 is 1.53 bits per heavy atom. The van der Waals surface area contributed by atoms with Gasteiger partial charge in [0.1, 0.15) is 12.4 Å². The van der Waals surface area contributed by atoms with Crippen LogP contribution in [0.3, 0.4) is 0 Å². The predicted molar refractivity (Wildman–Crippen MR) is 70.5 cm³/mol. The van der Waals surface area contributed by atoms with E-state index in [1.807, 2.05) is 18.2 Å². The minimum Gasteiger partial charge on any atom is -0.490 e. The summed E-state index contributed by atoms with van der Waals surface area (Å²) in [6.07, 6.45) is 2.46. The topological polar surface area (TPSA) is 38.5 Å². The van der Waals surface area contributed by atoms with Crippen molar-refractivity contribution >= 4 is 11.6 Å². The van der Waals surface area contributed by atoms with E-state index < -0.39 is 0 Å². The first kappa shape index (κ1) is 12.7. The normalized spacial score (nSPS) is 20.8. The first-order valence-electron chi connectivity index (χ1n) is 6.02. The predicted octanol–water partition coefficient (Wildman–Crippen LogP) is 2.27. The number of halogens is 1. The lowest BCUT2D eigenvalue weighted by molar-refractivity contribution is 0.198. The summed E-state index contributed by atoms with van der Waals surface area (Å²) in [5, 5.41) is 0.647. The Morgan fingerprint density at radius 3 is 2.94 bits per heavy atom. The highest BCUT2D eigenvalue weighted by atomic mass is 35.5. The van der Waals surface area contributed by atoms with Crippen molar-refractivity contribution in [1.29, 1.82) is 0 Å². The van der Waals surface area contributed by atoms with Gasteiger partial charge in [-0.25, -0.2) is 0 Å². The lowest BCUT2D eigenvalue weighted by Crippen LogP contribution is -2.30. The number of likely N-dealkylation sites (tertiary alicyclic amines) is 1. The molecule has 0 aliphatic carbocycles. The Kier molecular flexibility index (Phi) is 4.26. The maximum Gasteiger partial charge on any atom is 0.137 e. The molecule has 2 rings (SSSR count). The van der Waals surface area contributed by atoms with Crippen LogP contribution in [-0.4, -0.2) is 31.1 Å². The third kappa shape index (κ3) is 3.12. The summed E-state index contributed by atoms with van der Waals surface area (Å²) in [6.45, 7) is 2.37. The van der Waals surface area contributed by atoms with Gasteiger partial charge in [-0.2, -0.15) is 0 Å². The zero-order valence-corrected chi connectivity index (χ0v) is 10.9. The van der Waals surface area contributed by atoms with Crippen LogP contribution in [0.5, 0.6) is 5.75 Å². The van der Waals surface area contributed by atoms with Crippen molar-refractivity contribution in [2.24, 2.45) is 5.73 Å². The van der Waals surface area contributed by atoms with E-state index in [2.05, 4.69) is 11.9 Å². The Bertz CT molecular complexity index is 384. The molecular formula is C13H19ClN2O.